The predicted octanol–water partition coefficient (Wildman–Crippen LogP) is 5.88. The zero-order valence-electron chi connectivity index (χ0n) is 17.2. The van der Waals surface area contributed by atoms with E-state index in [-0.39, 0.29) is 10.8 Å². The molecule has 0 radical (unpaired) electrons. The van der Waals surface area contributed by atoms with E-state index in [0.717, 1.165) is 10.5 Å². The molecule has 3 rings (SSSR count). The van der Waals surface area contributed by atoms with E-state index in [2.05, 4.69) is 10.0 Å². The molecule has 0 spiro atoms. The number of nitrogens with one attached hydrogen (secondary N) is 2. The minimum Gasteiger partial charge on any atom is -0.326 e. The van der Waals surface area contributed by atoms with Gasteiger partial charge < -0.3 is 5.32 Å². The summed E-state index contributed by atoms with van der Waals surface area (Å²) < 4.78 is 27.7. The number of carbonyl (C=O) groups excluding carboxylic acids is 1. The number of anilines is 2. The predicted molar refractivity (Wildman–Crippen MR) is 129 cm³/mol. The maximum Gasteiger partial charge on any atom is 0.261 e. The lowest BCUT2D eigenvalue weighted by atomic mass is 10.2. The molecule has 2 N–H and O–H groups in total. The maximum atomic E-state index is 12.6. The van der Waals surface area contributed by atoms with Crippen LogP contribution < -0.4 is 10.0 Å². The fraction of sp³-hybridized carbons (Fsp3) is 0.174. The highest BCUT2D eigenvalue weighted by Crippen LogP contribution is 2.23. The number of carbonyl (C=O) groups is 1. The smallest absolute Gasteiger partial charge is 0.261 e. The highest BCUT2D eigenvalue weighted by Gasteiger charge is 2.15. The van der Waals surface area contributed by atoms with Gasteiger partial charge in [0.1, 0.15) is 0 Å². The first-order chi connectivity index (χ1) is 14.7. The Morgan fingerprint density at radius 3 is 2.23 bits per heavy atom. The third-order valence-electron chi connectivity index (χ3n) is 4.49. The molecule has 0 bridgehead atoms. The van der Waals surface area contributed by atoms with Crippen molar-refractivity contribution in [2.24, 2.45) is 0 Å². The van der Waals surface area contributed by atoms with Crippen LogP contribution in [0.1, 0.15) is 17.5 Å². The van der Waals surface area contributed by atoms with E-state index in [1.54, 1.807) is 42.1 Å². The third kappa shape index (κ3) is 6.75. The molecule has 0 saturated carbocycles. The lowest BCUT2D eigenvalue weighted by Gasteiger charge is -2.10. The summed E-state index contributed by atoms with van der Waals surface area (Å²) in [5.41, 5.74) is 2.99. The highest BCUT2D eigenvalue weighted by molar-refractivity contribution is 7.99. The van der Waals surface area contributed by atoms with E-state index >= 15 is 0 Å². The Hall–Kier alpha value is -2.48. The largest absolute Gasteiger partial charge is 0.326 e. The number of hydrogen-bond acceptors (Lipinski definition) is 4. The summed E-state index contributed by atoms with van der Waals surface area (Å²) in [6.45, 7) is 3.88. The van der Waals surface area contributed by atoms with Crippen molar-refractivity contribution in [3.63, 3.8) is 0 Å². The van der Waals surface area contributed by atoms with Crippen LogP contribution in [0.2, 0.25) is 5.02 Å². The number of thioether (sulfide) groups is 1. The second-order valence-corrected chi connectivity index (χ2v) is 10.3. The summed E-state index contributed by atoms with van der Waals surface area (Å²) in [5.74, 6) is 0.535. The van der Waals surface area contributed by atoms with Crippen LogP contribution in [0.25, 0.3) is 0 Å². The molecule has 0 aliphatic rings. The SMILES string of the molecule is Cc1ccc(SCCC(=O)Nc2ccc(S(=O)(=O)Nc3ccc(C)c(Cl)c3)cc2)cc1. The molecule has 0 fully saturated rings. The zero-order valence-corrected chi connectivity index (χ0v) is 19.6. The van der Waals surface area contributed by atoms with Gasteiger partial charge in [-0.15, -0.1) is 11.8 Å². The lowest BCUT2D eigenvalue weighted by Crippen LogP contribution is -2.14. The minimum absolute atomic E-state index is 0.0946. The summed E-state index contributed by atoms with van der Waals surface area (Å²) in [6, 6.07) is 19.2. The molecule has 3 aromatic carbocycles. The first-order valence-electron chi connectivity index (χ1n) is 9.61. The van der Waals surface area contributed by atoms with Gasteiger partial charge in [0.05, 0.1) is 10.6 Å². The normalized spacial score (nSPS) is 11.2. The van der Waals surface area contributed by atoms with Crippen LogP contribution in [0.5, 0.6) is 0 Å². The molecule has 0 atom stereocenters. The molecular weight excluding hydrogens is 452 g/mol. The van der Waals surface area contributed by atoms with Crippen LogP contribution in [0, 0.1) is 13.8 Å². The number of benzene rings is 3. The van der Waals surface area contributed by atoms with Crippen molar-refractivity contribution in [2.45, 2.75) is 30.1 Å². The van der Waals surface area contributed by atoms with Gasteiger partial charge in [-0.2, -0.15) is 0 Å². The fourth-order valence-corrected chi connectivity index (χ4v) is 4.79. The molecule has 8 heteroatoms. The molecule has 0 saturated heterocycles. The van der Waals surface area contributed by atoms with Crippen LogP contribution in [-0.4, -0.2) is 20.1 Å². The Morgan fingerprint density at radius 2 is 1.58 bits per heavy atom. The van der Waals surface area contributed by atoms with Crippen LogP contribution >= 0.6 is 23.4 Å². The van der Waals surface area contributed by atoms with Crippen molar-refractivity contribution in [3.05, 3.63) is 82.9 Å². The standard InChI is InChI=1S/C23H23ClN2O3S2/c1-16-3-9-20(10-4-16)30-14-13-23(27)25-18-7-11-21(12-8-18)31(28,29)26-19-6-5-17(2)22(24)15-19/h3-12,15,26H,13-14H2,1-2H3,(H,25,27). The van der Waals surface area contributed by atoms with Crippen molar-refractivity contribution in [1.29, 1.82) is 0 Å². The monoisotopic (exact) mass is 474 g/mol. The van der Waals surface area contributed by atoms with Gasteiger partial charge >= 0.3 is 0 Å². The highest BCUT2D eigenvalue weighted by atomic mass is 35.5. The average Bonchev–Trinajstić information content (AvgIpc) is 2.72. The first kappa shape index (κ1) is 23.2. The molecule has 0 heterocycles. The van der Waals surface area contributed by atoms with Gasteiger partial charge in [0, 0.05) is 27.8 Å². The van der Waals surface area contributed by atoms with E-state index in [0.29, 0.717) is 28.6 Å². The second-order valence-electron chi connectivity index (χ2n) is 7.05. The van der Waals surface area contributed by atoms with Crippen LogP contribution in [-0.2, 0) is 14.8 Å². The van der Waals surface area contributed by atoms with E-state index in [1.807, 2.05) is 38.1 Å². The Labute approximate surface area is 192 Å². The van der Waals surface area contributed by atoms with Gasteiger partial charge in [-0.1, -0.05) is 35.4 Å². The van der Waals surface area contributed by atoms with Gasteiger partial charge in [-0.3, -0.25) is 9.52 Å². The number of hydrogen-bond donors (Lipinski definition) is 2. The Bertz CT molecular complexity index is 1160. The zero-order chi connectivity index (χ0) is 22.4. The molecule has 0 unspecified atom stereocenters. The summed E-state index contributed by atoms with van der Waals surface area (Å²) in [7, 11) is -3.76. The maximum absolute atomic E-state index is 12.6. The van der Waals surface area contributed by atoms with E-state index in [1.165, 1.54) is 17.7 Å². The van der Waals surface area contributed by atoms with Crippen molar-refractivity contribution in [1.82, 2.24) is 0 Å². The number of aryl methyl sites for hydroxylation is 2. The van der Waals surface area contributed by atoms with Gasteiger partial charge in [-0.05, 0) is 67.9 Å². The molecule has 162 valence electrons. The summed E-state index contributed by atoms with van der Waals surface area (Å²) in [6.07, 6.45) is 0.355. The number of amides is 1. The molecule has 0 aliphatic carbocycles. The van der Waals surface area contributed by atoms with Gasteiger partial charge in [0.2, 0.25) is 5.91 Å². The Balaban J connectivity index is 1.54. The minimum atomic E-state index is -3.76. The van der Waals surface area contributed by atoms with Gasteiger partial charge in [-0.25, -0.2) is 8.42 Å². The summed E-state index contributed by atoms with van der Waals surface area (Å²) in [5, 5.41) is 3.28. The number of halogens is 1. The van der Waals surface area contributed by atoms with Gasteiger partial charge in [0.25, 0.3) is 10.0 Å². The second kappa shape index (κ2) is 10.2. The molecule has 31 heavy (non-hydrogen) atoms. The summed E-state index contributed by atoms with van der Waals surface area (Å²) >= 11 is 7.68. The number of rotatable bonds is 8. The molecule has 1 amide bonds. The quantitative estimate of drug-likeness (QED) is 0.400. The number of sulfonamides is 1. The Kier molecular flexibility index (Phi) is 7.64. The van der Waals surface area contributed by atoms with Crippen molar-refractivity contribution in [2.75, 3.05) is 15.8 Å². The fourth-order valence-electron chi connectivity index (χ4n) is 2.71. The lowest BCUT2D eigenvalue weighted by molar-refractivity contribution is -0.115. The van der Waals surface area contributed by atoms with Crippen LogP contribution in [0.15, 0.2) is 76.5 Å². The molecule has 0 aromatic heterocycles. The topological polar surface area (TPSA) is 75.3 Å². The van der Waals surface area contributed by atoms with Crippen molar-refractivity contribution < 1.29 is 13.2 Å². The molecular formula is C23H23ClN2O3S2. The molecule has 5 nitrogen and oxygen atoms in total. The third-order valence-corrected chi connectivity index (χ3v) is 7.31. The van der Waals surface area contributed by atoms with E-state index in [9.17, 15) is 13.2 Å². The summed E-state index contributed by atoms with van der Waals surface area (Å²) in [4.78, 5) is 13.4. The van der Waals surface area contributed by atoms with Crippen molar-refractivity contribution >= 4 is 50.7 Å². The van der Waals surface area contributed by atoms with Crippen LogP contribution in [0.3, 0.4) is 0 Å². The van der Waals surface area contributed by atoms with E-state index in [4.69, 9.17) is 11.6 Å². The molecule has 0 aliphatic heterocycles. The van der Waals surface area contributed by atoms with Gasteiger partial charge in [0.15, 0.2) is 0 Å². The van der Waals surface area contributed by atoms with E-state index < -0.39 is 10.0 Å². The molecule has 3 aromatic rings. The average molecular weight is 475 g/mol. The van der Waals surface area contributed by atoms with Crippen LogP contribution in [0.4, 0.5) is 11.4 Å². The van der Waals surface area contributed by atoms with Crippen molar-refractivity contribution in [3.8, 4) is 0 Å². The Morgan fingerprint density at radius 1 is 0.935 bits per heavy atom. The first-order valence-corrected chi connectivity index (χ1v) is 12.5.